The standard InChI is InChI=1S/C12H19N3/c1-3-4-9-15(2)11-8-6-5-7-10(11)12(13)14/h5-8H,3-4,9H2,1-2H3,(H3,13,14). The van der Waals surface area contributed by atoms with Gasteiger partial charge in [0, 0.05) is 24.8 Å². The minimum absolute atomic E-state index is 0.133. The van der Waals surface area contributed by atoms with Gasteiger partial charge in [-0.15, -0.1) is 0 Å². The van der Waals surface area contributed by atoms with Crippen molar-refractivity contribution in [1.29, 1.82) is 5.41 Å². The number of nitrogens with one attached hydrogen (secondary N) is 1. The van der Waals surface area contributed by atoms with Crippen LogP contribution in [0, 0.1) is 5.41 Å². The molecule has 3 nitrogen and oxygen atoms in total. The molecule has 0 heterocycles. The van der Waals surface area contributed by atoms with E-state index in [-0.39, 0.29) is 5.84 Å². The fourth-order valence-electron chi connectivity index (χ4n) is 1.55. The number of benzene rings is 1. The zero-order valence-electron chi connectivity index (χ0n) is 9.46. The Morgan fingerprint density at radius 3 is 2.67 bits per heavy atom. The Morgan fingerprint density at radius 1 is 1.40 bits per heavy atom. The second-order valence-corrected chi connectivity index (χ2v) is 3.71. The molecular weight excluding hydrogens is 186 g/mol. The van der Waals surface area contributed by atoms with Crippen LogP contribution < -0.4 is 10.6 Å². The van der Waals surface area contributed by atoms with Crippen molar-refractivity contribution in [3.63, 3.8) is 0 Å². The number of nitrogen functional groups attached to an aromatic ring is 1. The summed E-state index contributed by atoms with van der Waals surface area (Å²) in [7, 11) is 2.04. The third kappa shape index (κ3) is 2.98. The molecule has 0 aliphatic rings. The van der Waals surface area contributed by atoms with Gasteiger partial charge in [0.05, 0.1) is 0 Å². The summed E-state index contributed by atoms with van der Waals surface area (Å²) < 4.78 is 0. The maximum absolute atomic E-state index is 7.50. The van der Waals surface area contributed by atoms with Crippen LogP contribution in [0.25, 0.3) is 0 Å². The summed E-state index contributed by atoms with van der Waals surface area (Å²) in [6.07, 6.45) is 2.33. The third-order valence-corrected chi connectivity index (χ3v) is 2.45. The van der Waals surface area contributed by atoms with Crippen LogP contribution in [-0.4, -0.2) is 19.4 Å². The summed E-state index contributed by atoms with van der Waals surface area (Å²) in [5.74, 6) is 0.133. The van der Waals surface area contributed by atoms with Crippen molar-refractivity contribution in [2.24, 2.45) is 5.73 Å². The van der Waals surface area contributed by atoms with Crippen molar-refractivity contribution >= 4 is 11.5 Å². The van der Waals surface area contributed by atoms with Crippen molar-refractivity contribution in [2.45, 2.75) is 19.8 Å². The summed E-state index contributed by atoms with van der Waals surface area (Å²) in [5, 5.41) is 7.50. The molecule has 0 saturated heterocycles. The molecule has 0 atom stereocenters. The van der Waals surface area contributed by atoms with Gasteiger partial charge in [0.1, 0.15) is 5.84 Å². The number of rotatable bonds is 5. The first-order valence-corrected chi connectivity index (χ1v) is 5.31. The molecule has 0 amide bonds. The van der Waals surface area contributed by atoms with Gasteiger partial charge in [0.25, 0.3) is 0 Å². The van der Waals surface area contributed by atoms with Gasteiger partial charge in [-0.3, -0.25) is 5.41 Å². The molecule has 0 aliphatic heterocycles. The molecule has 1 aromatic rings. The van der Waals surface area contributed by atoms with Crippen LogP contribution >= 0.6 is 0 Å². The van der Waals surface area contributed by atoms with Crippen molar-refractivity contribution < 1.29 is 0 Å². The van der Waals surface area contributed by atoms with Crippen LogP contribution in [0.1, 0.15) is 25.3 Å². The summed E-state index contributed by atoms with van der Waals surface area (Å²) in [5.41, 5.74) is 7.39. The van der Waals surface area contributed by atoms with Gasteiger partial charge in [-0.25, -0.2) is 0 Å². The lowest BCUT2D eigenvalue weighted by atomic mass is 10.1. The quantitative estimate of drug-likeness (QED) is 0.572. The number of amidine groups is 1. The maximum Gasteiger partial charge on any atom is 0.124 e. The first-order chi connectivity index (χ1) is 7.16. The Balaban J connectivity index is 2.87. The predicted molar refractivity (Wildman–Crippen MR) is 65.6 cm³/mol. The van der Waals surface area contributed by atoms with E-state index in [2.05, 4.69) is 11.8 Å². The summed E-state index contributed by atoms with van der Waals surface area (Å²) >= 11 is 0. The Kier molecular flexibility index (Phi) is 4.16. The first kappa shape index (κ1) is 11.6. The molecule has 0 spiro atoms. The molecule has 0 aromatic heterocycles. The number of nitrogens with zero attached hydrogens (tertiary/aromatic N) is 1. The molecular formula is C12H19N3. The molecule has 3 heteroatoms. The van der Waals surface area contributed by atoms with Crippen LogP contribution in [0.15, 0.2) is 24.3 Å². The zero-order chi connectivity index (χ0) is 11.3. The average molecular weight is 205 g/mol. The molecule has 3 N–H and O–H groups in total. The summed E-state index contributed by atoms with van der Waals surface area (Å²) in [4.78, 5) is 2.15. The van der Waals surface area contributed by atoms with Gasteiger partial charge in [0.15, 0.2) is 0 Å². The molecule has 15 heavy (non-hydrogen) atoms. The van der Waals surface area contributed by atoms with E-state index in [9.17, 15) is 0 Å². The molecule has 0 bridgehead atoms. The molecule has 1 aromatic carbocycles. The summed E-state index contributed by atoms with van der Waals surface area (Å²) in [6.45, 7) is 3.17. The van der Waals surface area contributed by atoms with E-state index < -0.39 is 0 Å². The fraction of sp³-hybridized carbons (Fsp3) is 0.417. The first-order valence-electron chi connectivity index (χ1n) is 5.31. The molecule has 0 radical (unpaired) electrons. The van der Waals surface area contributed by atoms with Crippen molar-refractivity contribution in [3.8, 4) is 0 Å². The van der Waals surface area contributed by atoms with Crippen LogP contribution in [0.5, 0.6) is 0 Å². The third-order valence-electron chi connectivity index (χ3n) is 2.45. The maximum atomic E-state index is 7.50. The Bertz CT molecular complexity index is 333. The van der Waals surface area contributed by atoms with Crippen LogP contribution in [-0.2, 0) is 0 Å². The Hall–Kier alpha value is -1.51. The Morgan fingerprint density at radius 2 is 2.07 bits per heavy atom. The lowest BCUT2D eigenvalue weighted by Gasteiger charge is -2.21. The van der Waals surface area contributed by atoms with E-state index >= 15 is 0 Å². The summed E-state index contributed by atoms with van der Waals surface area (Å²) in [6, 6.07) is 7.78. The van der Waals surface area contributed by atoms with Gasteiger partial charge in [-0.1, -0.05) is 25.5 Å². The highest BCUT2D eigenvalue weighted by Crippen LogP contribution is 2.18. The number of para-hydroxylation sites is 1. The molecule has 0 fully saturated rings. The predicted octanol–water partition coefficient (Wildman–Crippen LogP) is 2.21. The van der Waals surface area contributed by atoms with Gasteiger partial charge in [-0.05, 0) is 18.6 Å². The van der Waals surface area contributed by atoms with E-state index in [0.29, 0.717) is 0 Å². The highest BCUT2D eigenvalue weighted by Gasteiger charge is 2.07. The molecule has 82 valence electrons. The molecule has 0 saturated carbocycles. The van der Waals surface area contributed by atoms with Gasteiger partial charge in [-0.2, -0.15) is 0 Å². The van der Waals surface area contributed by atoms with Gasteiger partial charge in [0.2, 0.25) is 0 Å². The molecule has 1 rings (SSSR count). The van der Waals surface area contributed by atoms with Crippen molar-refractivity contribution in [1.82, 2.24) is 0 Å². The topological polar surface area (TPSA) is 53.1 Å². The Labute approximate surface area is 91.4 Å². The van der Waals surface area contributed by atoms with Gasteiger partial charge >= 0.3 is 0 Å². The number of hydrogen-bond acceptors (Lipinski definition) is 2. The van der Waals surface area contributed by atoms with E-state index in [4.69, 9.17) is 11.1 Å². The van der Waals surface area contributed by atoms with Crippen LogP contribution in [0.3, 0.4) is 0 Å². The monoisotopic (exact) mass is 205 g/mol. The van der Waals surface area contributed by atoms with Crippen molar-refractivity contribution in [3.05, 3.63) is 29.8 Å². The molecule has 0 unspecified atom stereocenters. The zero-order valence-corrected chi connectivity index (χ0v) is 9.46. The largest absolute Gasteiger partial charge is 0.384 e. The lowest BCUT2D eigenvalue weighted by Crippen LogP contribution is -2.23. The molecule has 0 aliphatic carbocycles. The number of unbranched alkanes of at least 4 members (excludes halogenated alkanes) is 1. The highest BCUT2D eigenvalue weighted by molar-refractivity contribution is 6.00. The number of nitrogens with two attached hydrogens (primary N) is 1. The van der Waals surface area contributed by atoms with Crippen LogP contribution in [0.2, 0.25) is 0 Å². The number of anilines is 1. The van der Waals surface area contributed by atoms with Gasteiger partial charge < -0.3 is 10.6 Å². The second-order valence-electron chi connectivity index (χ2n) is 3.71. The minimum atomic E-state index is 0.133. The highest BCUT2D eigenvalue weighted by atomic mass is 15.1. The fourth-order valence-corrected chi connectivity index (χ4v) is 1.55. The number of hydrogen-bond donors (Lipinski definition) is 2. The normalized spacial score (nSPS) is 10.0. The minimum Gasteiger partial charge on any atom is -0.384 e. The van der Waals surface area contributed by atoms with E-state index in [1.807, 2.05) is 31.3 Å². The lowest BCUT2D eigenvalue weighted by molar-refractivity contribution is 0.766. The van der Waals surface area contributed by atoms with E-state index in [0.717, 1.165) is 24.2 Å². The van der Waals surface area contributed by atoms with E-state index in [1.165, 1.54) is 6.42 Å². The van der Waals surface area contributed by atoms with Crippen LogP contribution in [0.4, 0.5) is 5.69 Å². The average Bonchev–Trinajstić information content (AvgIpc) is 2.25. The second kappa shape index (κ2) is 5.39. The van der Waals surface area contributed by atoms with E-state index in [1.54, 1.807) is 0 Å². The SMILES string of the molecule is CCCCN(C)c1ccccc1C(=N)N. The smallest absolute Gasteiger partial charge is 0.124 e. The van der Waals surface area contributed by atoms with Crippen molar-refractivity contribution in [2.75, 3.05) is 18.5 Å².